The molecule has 0 radical (unpaired) electrons. The number of rotatable bonds is 4. The average Bonchev–Trinajstić information content (AvgIpc) is 2.80. The smallest absolute Gasteiger partial charge is 0.255 e. The summed E-state index contributed by atoms with van der Waals surface area (Å²) in [6, 6.07) is 0. The van der Waals surface area contributed by atoms with Crippen molar-refractivity contribution in [1.82, 2.24) is 15.3 Å². The molecule has 4 nitrogen and oxygen atoms in total. The zero-order chi connectivity index (χ0) is 12.3. The first-order valence-electron chi connectivity index (χ1n) is 6.47. The summed E-state index contributed by atoms with van der Waals surface area (Å²) in [4.78, 5) is 19.2. The van der Waals surface area contributed by atoms with Crippen molar-refractivity contribution >= 4 is 0 Å². The van der Waals surface area contributed by atoms with E-state index in [1.807, 2.05) is 7.05 Å². The van der Waals surface area contributed by atoms with Crippen LogP contribution in [0, 0.1) is 5.92 Å². The summed E-state index contributed by atoms with van der Waals surface area (Å²) in [5.41, 5.74) is 0.714. The molecule has 1 aromatic heterocycles. The maximum Gasteiger partial charge on any atom is 0.255 e. The predicted octanol–water partition coefficient (Wildman–Crippen LogP) is 1.78. The van der Waals surface area contributed by atoms with Gasteiger partial charge in [0.15, 0.2) is 0 Å². The van der Waals surface area contributed by atoms with Crippen LogP contribution in [-0.4, -0.2) is 17.0 Å². The average molecular weight is 235 g/mol. The van der Waals surface area contributed by atoms with Crippen molar-refractivity contribution < 1.29 is 0 Å². The third kappa shape index (κ3) is 2.75. The second kappa shape index (κ2) is 5.45. The molecule has 0 spiro atoms. The summed E-state index contributed by atoms with van der Waals surface area (Å²) in [7, 11) is 1.83. The molecule has 2 unspecified atom stereocenters. The van der Waals surface area contributed by atoms with Crippen molar-refractivity contribution in [2.75, 3.05) is 7.05 Å². The lowest BCUT2D eigenvalue weighted by molar-refractivity contribution is 0.516. The van der Waals surface area contributed by atoms with Gasteiger partial charge in [-0.15, -0.1) is 0 Å². The number of aromatic nitrogens is 2. The first-order valence-corrected chi connectivity index (χ1v) is 6.47. The quantitative estimate of drug-likeness (QED) is 0.836. The molecule has 1 fully saturated rings. The number of H-pyrrole nitrogens is 1. The number of nitrogens with one attached hydrogen (secondary N) is 2. The Kier molecular flexibility index (Phi) is 3.94. The summed E-state index contributed by atoms with van der Waals surface area (Å²) in [5, 5.41) is 2.97. The molecule has 1 aromatic rings. The van der Waals surface area contributed by atoms with Crippen molar-refractivity contribution in [3.63, 3.8) is 0 Å². The fourth-order valence-electron chi connectivity index (χ4n) is 2.65. The lowest BCUT2D eigenvalue weighted by atomic mass is 10.0. The van der Waals surface area contributed by atoms with E-state index in [2.05, 4.69) is 22.2 Å². The summed E-state index contributed by atoms with van der Waals surface area (Å²) >= 11 is 0. The topological polar surface area (TPSA) is 57.8 Å². The molecule has 0 bridgehead atoms. The molecule has 2 N–H and O–H groups in total. The monoisotopic (exact) mass is 235 g/mol. The van der Waals surface area contributed by atoms with Gasteiger partial charge in [-0.3, -0.25) is 4.79 Å². The van der Waals surface area contributed by atoms with Gasteiger partial charge >= 0.3 is 0 Å². The highest BCUT2D eigenvalue weighted by Crippen LogP contribution is 2.37. The minimum Gasteiger partial charge on any atom is -0.315 e. The molecule has 0 aliphatic heterocycles. The second-order valence-corrected chi connectivity index (χ2v) is 4.94. The fourth-order valence-corrected chi connectivity index (χ4v) is 2.65. The van der Waals surface area contributed by atoms with Gasteiger partial charge in [-0.1, -0.05) is 13.3 Å². The lowest BCUT2D eigenvalue weighted by Gasteiger charge is -2.10. The van der Waals surface area contributed by atoms with Gasteiger partial charge in [-0.05, 0) is 32.2 Å². The maximum atomic E-state index is 11.8. The Hall–Kier alpha value is -1.16. The van der Waals surface area contributed by atoms with Crippen molar-refractivity contribution in [3.8, 4) is 0 Å². The highest BCUT2D eigenvalue weighted by atomic mass is 16.1. The van der Waals surface area contributed by atoms with Crippen LogP contribution < -0.4 is 10.9 Å². The SMILES string of the molecule is CCC1CCC(c2ncc(CNC)c(=O)[nH]2)C1. The van der Waals surface area contributed by atoms with Crippen LogP contribution in [0.2, 0.25) is 0 Å². The van der Waals surface area contributed by atoms with Crippen molar-refractivity contribution in [3.05, 3.63) is 27.9 Å². The van der Waals surface area contributed by atoms with Gasteiger partial charge in [0, 0.05) is 24.2 Å². The summed E-state index contributed by atoms with van der Waals surface area (Å²) < 4.78 is 0. The van der Waals surface area contributed by atoms with E-state index < -0.39 is 0 Å². The standard InChI is InChI=1S/C13H21N3O/c1-3-9-4-5-10(6-9)12-15-8-11(7-14-2)13(17)16-12/h8-10,14H,3-7H2,1-2H3,(H,15,16,17). The molecule has 94 valence electrons. The van der Waals surface area contributed by atoms with Crippen molar-refractivity contribution in [1.29, 1.82) is 0 Å². The van der Waals surface area contributed by atoms with Crippen molar-refractivity contribution in [2.24, 2.45) is 5.92 Å². The van der Waals surface area contributed by atoms with Gasteiger partial charge in [-0.2, -0.15) is 0 Å². The van der Waals surface area contributed by atoms with E-state index in [0.717, 1.165) is 18.2 Å². The number of aromatic amines is 1. The van der Waals surface area contributed by atoms with Crippen LogP contribution in [0.5, 0.6) is 0 Å². The molecule has 1 heterocycles. The van der Waals surface area contributed by atoms with E-state index >= 15 is 0 Å². The molecule has 1 aliphatic carbocycles. The summed E-state index contributed by atoms with van der Waals surface area (Å²) in [6.07, 6.45) is 6.54. The van der Waals surface area contributed by atoms with Gasteiger partial charge in [0.25, 0.3) is 5.56 Å². The van der Waals surface area contributed by atoms with Crippen LogP contribution in [-0.2, 0) is 6.54 Å². The Morgan fingerprint density at radius 1 is 1.53 bits per heavy atom. The molecule has 4 heteroatoms. The fraction of sp³-hybridized carbons (Fsp3) is 0.692. The third-order valence-corrected chi connectivity index (χ3v) is 3.77. The van der Waals surface area contributed by atoms with Crippen molar-refractivity contribution in [2.45, 2.75) is 45.1 Å². The zero-order valence-corrected chi connectivity index (χ0v) is 10.6. The maximum absolute atomic E-state index is 11.8. The van der Waals surface area contributed by atoms with Gasteiger partial charge in [-0.25, -0.2) is 4.98 Å². The minimum absolute atomic E-state index is 0.00398. The van der Waals surface area contributed by atoms with E-state index in [4.69, 9.17) is 0 Å². The molecule has 2 atom stereocenters. The van der Waals surface area contributed by atoms with Gasteiger partial charge < -0.3 is 10.3 Å². The Labute approximate surface area is 102 Å². The van der Waals surface area contributed by atoms with Crippen LogP contribution in [0.1, 0.15) is 49.9 Å². The largest absolute Gasteiger partial charge is 0.315 e. The number of hydrogen-bond acceptors (Lipinski definition) is 3. The van der Waals surface area contributed by atoms with E-state index in [1.54, 1.807) is 6.20 Å². The number of hydrogen-bond donors (Lipinski definition) is 2. The van der Waals surface area contributed by atoms with E-state index in [0.29, 0.717) is 18.0 Å². The molecular weight excluding hydrogens is 214 g/mol. The summed E-state index contributed by atoms with van der Waals surface area (Å²) in [6.45, 7) is 2.81. The first kappa shape index (κ1) is 12.3. The van der Waals surface area contributed by atoms with Gasteiger partial charge in [0.05, 0.1) is 0 Å². The predicted molar refractivity (Wildman–Crippen MR) is 68.0 cm³/mol. The van der Waals surface area contributed by atoms with Crippen LogP contribution in [0.4, 0.5) is 0 Å². The molecule has 1 aliphatic rings. The molecule has 2 rings (SSSR count). The first-order chi connectivity index (χ1) is 8.24. The molecule has 0 aromatic carbocycles. The normalized spacial score (nSPS) is 24.1. The molecule has 17 heavy (non-hydrogen) atoms. The highest BCUT2D eigenvalue weighted by Gasteiger charge is 2.26. The highest BCUT2D eigenvalue weighted by molar-refractivity contribution is 5.09. The Morgan fingerprint density at radius 2 is 2.35 bits per heavy atom. The lowest BCUT2D eigenvalue weighted by Crippen LogP contribution is -2.21. The van der Waals surface area contributed by atoms with Gasteiger partial charge in [0.1, 0.15) is 5.82 Å². The second-order valence-electron chi connectivity index (χ2n) is 4.94. The van der Waals surface area contributed by atoms with E-state index in [9.17, 15) is 4.79 Å². The van der Waals surface area contributed by atoms with Crippen LogP contribution in [0.15, 0.2) is 11.0 Å². The van der Waals surface area contributed by atoms with E-state index in [-0.39, 0.29) is 5.56 Å². The molecule has 0 amide bonds. The van der Waals surface area contributed by atoms with Crippen LogP contribution in [0.3, 0.4) is 0 Å². The summed E-state index contributed by atoms with van der Waals surface area (Å²) in [5.74, 6) is 2.14. The zero-order valence-electron chi connectivity index (χ0n) is 10.6. The number of nitrogens with zero attached hydrogens (tertiary/aromatic N) is 1. The van der Waals surface area contributed by atoms with Crippen LogP contribution in [0.25, 0.3) is 0 Å². The van der Waals surface area contributed by atoms with E-state index in [1.165, 1.54) is 19.3 Å². The Morgan fingerprint density at radius 3 is 2.94 bits per heavy atom. The third-order valence-electron chi connectivity index (χ3n) is 3.77. The Balaban J connectivity index is 2.12. The molecular formula is C13H21N3O. The molecule has 0 saturated heterocycles. The Bertz CT molecular complexity index is 427. The van der Waals surface area contributed by atoms with Crippen LogP contribution >= 0.6 is 0 Å². The minimum atomic E-state index is 0.00398. The van der Waals surface area contributed by atoms with Gasteiger partial charge in [0.2, 0.25) is 0 Å². The molecule has 1 saturated carbocycles.